The highest BCUT2D eigenvalue weighted by Crippen LogP contribution is 2.32. The molecule has 1 N–H and O–H groups in total. The Balaban J connectivity index is 1.88. The van der Waals surface area contributed by atoms with E-state index in [1.54, 1.807) is 0 Å². The van der Waals surface area contributed by atoms with Crippen LogP contribution in [0.25, 0.3) is 0 Å². The van der Waals surface area contributed by atoms with Crippen LogP contribution >= 0.6 is 0 Å². The van der Waals surface area contributed by atoms with E-state index < -0.39 is 0 Å². The third-order valence-electron chi connectivity index (χ3n) is 3.76. The molecule has 3 nitrogen and oxygen atoms in total. The van der Waals surface area contributed by atoms with Crippen molar-refractivity contribution < 1.29 is 9.47 Å². The fourth-order valence-electron chi connectivity index (χ4n) is 2.91. The second-order valence-electron chi connectivity index (χ2n) is 5.13. The zero-order valence-electron chi connectivity index (χ0n) is 10.5. The molecular formula is C13H25NO2. The molecule has 0 amide bonds. The second kappa shape index (κ2) is 5.99. The van der Waals surface area contributed by atoms with Crippen molar-refractivity contribution in [3.63, 3.8) is 0 Å². The van der Waals surface area contributed by atoms with Crippen molar-refractivity contribution in [2.24, 2.45) is 0 Å². The maximum Gasteiger partial charge on any atom is 0.0940 e. The number of morpholine rings is 1. The van der Waals surface area contributed by atoms with Gasteiger partial charge in [0.25, 0.3) is 0 Å². The van der Waals surface area contributed by atoms with E-state index in [-0.39, 0.29) is 11.7 Å². The van der Waals surface area contributed by atoms with Crippen molar-refractivity contribution in [1.82, 2.24) is 5.32 Å². The Bertz CT molecular complexity index is 200. The topological polar surface area (TPSA) is 30.5 Å². The summed E-state index contributed by atoms with van der Waals surface area (Å²) in [5.41, 5.74) is 0.122. The van der Waals surface area contributed by atoms with Gasteiger partial charge in [0.1, 0.15) is 0 Å². The van der Waals surface area contributed by atoms with Crippen LogP contribution in [0.5, 0.6) is 0 Å². The van der Waals surface area contributed by atoms with Crippen LogP contribution in [0.15, 0.2) is 0 Å². The summed E-state index contributed by atoms with van der Waals surface area (Å²) >= 11 is 0. The Labute approximate surface area is 98.9 Å². The number of ether oxygens (including phenoxy) is 2. The minimum atomic E-state index is 0.122. The van der Waals surface area contributed by atoms with Gasteiger partial charge in [0.15, 0.2) is 0 Å². The molecule has 1 saturated carbocycles. The van der Waals surface area contributed by atoms with Crippen LogP contribution in [0.3, 0.4) is 0 Å². The second-order valence-corrected chi connectivity index (χ2v) is 5.13. The lowest BCUT2D eigenvalue weighted by molar-refractivity contribution is -0.143. The van der Waals surface area contributed by atoms with Crippen LogP contribution in [-0.4, -0.2) is 38.0 Å². The molecule has 1 aliphatic heterocycles. The molecule has 0 aromatic rings. The van der Waals surface area contributed by atoms with Gasteiger partial charge in [-0.05, 0) is 19.8 Å². The molecule has 1 heterocycles. The van der Waals surface area contributed by atoms with Gasteiger partial charge in [-0.1, -0.05) is 25.7 Å². The Hall–Kier alpha value is -0.120. The van der Waals surface area contributed by atoms with E-state index in [9.17, 15) is 0 Å². The number of hydrogen-bond acceptors (Lipinski definition) is 3. The minimum Gasteiger partial charge on any atom is -0.379 e. The normalized spacial score (nSPS) is 30.2. The third-order valence-corrected chi connectivity index (χ3v) is 3.76. The third kappa shape index (κ3) is 3.19. The molecule has 1 saturated heterocycles. The summed E-state index contributed by atoms with van der Waals surface area (Å²) in [6, 6.07) is 0. The molecular weight excluding hydrogens is 202 g/mol. The van der Waals surface area contributed by atoms with E-state index in [0.29, 0.717) is 0 Å². The van der Waals surface area contributed by atoms with Crippen LogP contribution in [0.4, 0.5) is 0 Å². The zero-order chi connectivity index (χ0) is 11.3. The Morgan fingerprint density at radius 3 is 2.69 bits per heavy atom. The molecule has 0 radical (unpaired) electrons. The molecule has 1 aliphatic carbocycles. The molecule has 2 aliphatic rings. The van der Waals surface area contributed by atoms with E-state index in [2.05, 4.69) is 5.32 Å². The van der Waals surface area contributed by atoms with Gasteiger partial charge < -0.3 is 14.8 Å². The van der Waals surface area contributed by atoms with Gasteiger partial charge in [-0.15, -0.1) is 0 Å². The van der Waals surface area contributed by atoms with E-state index in [1.165, 1.54) is 38.5 Å². The Kier molecular flexibility index (Phi) is 4.62. The number of hydrogen-bond donors (Lipinski definition) is 1. The van der Waals surface area contributed by atoms with E-state index in [0.717, 1.165) is 26.3 Å². The molecule has 1 spiro atoms. The summed E-state index contributed by atoms with van der Waals surface area (Å²) in [5, 5.41) is 3.53. The molecule has 1 atom stereocenters. The predicted octanol–water partition coefficient (Wildman–Crippen LogP) is 2.10. The molecule has 94 valence electrons. The Morgan fingerprint density at radius 2 is 2.00 bits per heavy atom. The predicted molar refractivity (Wildman–Crippen MR) is 64.7 cm³/mol. The SMILES string of the molecule is CCOCC1CNCC2(CCCCCC2)O1. The van der Waals surface area contributed by atoms with E-state index in [1.807, 2.05) is 6.92 Å². The summed E-state index contributed by atoms with van der Waals surface area (Å²) < 4.78 is 11.8. The molecule has 1 unspecified atom stereocenters. The van der Waals surface area contributed by atoms with Crippen LogP contribution in [-0.2, 0) is 9.47 Å². The zero-order valence-corrected chi connectivity index (χ0v) is 10.5. The molecule has 0 aromatic carbocycles. The highest BCUT2D eigenvalue weighted by molar-refractivity contribution is 4.90. The molecule has 0 bridgehead atoms. The highest BCUT2D eigenvalue weighted by Gasteiger charge is 2.37. The monoisotopic (exact) mass is 227 g/mol. The van der Waals surface area contributed by atoms with Crippen molar-refractivity contribution in [1.29, 1.82) is 0 Å². The first-order chi connectivity index (χ1) is 7.85. The van der Waals surface area contributed by atoms with Crippen molar-refractivity contribution in [3.05, 3.63) is 0 Å². The summed E-state index contributed by atoms with van der Waals surface area (Å²) in [5.74, 6) is 0. The smallest absolute Gasteiger partial charge is 0.0940 e. The van der Waals surface area contributed by atoms with Gasteiger partial charge in [-0.2, -0.15) is 0 Å². The summed E-state index contributed by atoms with van der Waals surface area (Å²) in [4.78, 5) is 0. The van der Waals surface area contributed by atoms with Gasteiger partial charge in [-0.25, -0.2) is 0 Å². The van der Waals surface area contributed by atoms with E-state index in [4.69, 9.17) is 9.47 Å². The fraction of sp³-hybridized carbons (Fsp3) is 1.00. The largest absolute Gasteiger partial charge is 0.379 e. The first-order valence-corrected chi connectivity index (χ1v) is 6.81. The molecule has 3 heteroatoms. The van der Waals surface area contributed by atoms with E-state index >= 15 is 0 Å². The average Bonchev–Trinajstić information content (AvgIpc) is 2.53. The van der Waals surface area contributed by atoms with Crippen LogP contribution in [0, 0.1) is 0 Å². The van der Waals surface area contributed by atoms with Crippen LogP contribution in [0.1, 0.15) is 45.4 Å². The molecule has 0 aromatic heterocycles. The standard InChI is InChI=1S/C13H25NO2/c1-2-15-10-12-9-14-11-13(16-12)7-5-3-4-6-8-13/h12,14H,2-11H2,1H3. The maximum absolute atomic E-state index is 6.31. The van der Waals surface area contributed by atoms with Gasteiger partial charge >= 0.3 is 0 Å². The van der Waals surface area contributed by atoms with Crippen molar-refractivity contribution in [2.75, 3.05) is 26.3 Å². The maximum atomic E-state index is 6.31. The first kappa shape index (κ1) is 12.3. The number of rotatable bonds is 3. The van der Waals surface area contributed by atoms with Crippen molar-refractivity contribution in [3.8, 4) is 0 Å². The minimum absolute atomic E-state index is 0.122. The van der Waals surface area contributed by atoms with Crippen molar-refractivity contribution in [2.45, 2.75) is 57.2 Å². The highest BCUT2D eigenvalue weighted by atomic mass is 16.5. The molecule has 16 heavy (non-hydrogen) atoms. The molecule has 2 rings (SSSR count). The van der Waals surface area contributed by atoms with Crippen LogP contribution in [0.2, 0.25) is 0 Å². The number of nitrogens with one attached hydrogen (secondary N) is 1. The lowest BCUT2D eigenvalue weighted by Crippen LogP contribution is -2.54. The summed E-state index contributed by atoms with van der Waals surface area (Å²) in [6.45, 7) is 5.55. The van der Waals surface area contributed by atoms with Gasteiger partial charge in [0.05, 0.1) is 18.3 Å². The summed E-state index contributed by atoms with van der Waals surface area (Å²) in [6.07, 6.45) is 8.10. The lowest BCUT2D eigenvalue weighted by Gasteiger charge is -2.41. The average molecular weight is 227 g/mol. The summed E-state index contributed by atoms with van der Waals surface area (Å²) in [7, 11) is 0. The van der Waals surface area contributed by atoms with Crippen LogP contribution < -0.4 is 5.32 Å². The lowest BCUT2D eigenvalue weighted by atomic mass is 9.92. The molecule has 2 fully saturated rings. The fourth-order valence-corrected chi connectivity index (χ4v) is 2.91. The van der Waals surface area contributed by atoms with Gasteiger partial charge in [0, 0.05) is 19.7 Å². The first-order valence-electron chi connectivity index (χ1n) is 6.81. The van der Waals surface area contributed by atoms with Gasteiger partial charge in [-0.3, -0.25) is 0 Å². The quantitative estimate of drug-likeness (QED) is 0.801. The Morgan fingerprint density at radius 1 is 1.25 bits per heavy atom. The van der Waals surface area contributed by atoms with Crippen molar-refractivity contribution >= 4 is 0 Å². The van der Waals surface area contributed by atoms with Gasteiger partial charge in [0.2, 0.25) is 0 Å².